The molecular weight excluding hydrogens is 456 g/mol. The summed E-state index contributed by atoms with van der Waals surface area (Å²) in [6.07, 6.45) is 2.35. The zero-order chi connectivity index (χ0) is 24.9. The first-order chi connectivity index (χ1) is 16.3. The van der Waals surface area contributed by atoms with E-state index < -0.39 is 6.04 Å². The molecule has 3 amide bonds. The van der Waals surface area contributed by atoms with Gasteiger partial charge in [-0.05, 0) is 30.0 Å². The van der Waals surface area contributed by atoms with Crippen molar-refractivity contribution in [3.05, 3.63) is 41.4 Å². The molecule has 2 aromatic rings. The molecule has 2 N–H and O–H groups in total. The van der Waals surface area contributed by atoms with Crippen LogP contribution in [-0.4, -0.2) is 61.5 Å². The van der Waals surface area contributed by atoms with Crippen molar-refractivity contribution in [1.29, 1.82) is 0 Å². The van der Waals surface area contributed by atoms with Gasteiger partial charge in [-0.15, -0.1) is 11.3 Å². The van der Waals surface area contributed by atoms with Gasteiger partial charge in [0.25, 0.3) is 0 Å². The van der Waals surface area contributed by atoms with Gasteiger partial charge in [0.1, 0.15) is 11.8 Å². The molecule has 186 valence electrons. The lowest BCUT2D eigenvalue weighted by Gasteiger charge is -2.31. The third kappa shape index (κ3) is 8.75. The summed E-state index contributed by atoms with van der Waals surface area (Å²) in [5.74, 6) is 0.185. The fourth-order valence-corrected chi connectivity index (χ4v) is 3.80. The molecule has 0 aliphatic carbocycles. The summed E-state index contributed by atoms with van der Waals surface area (Å²) in [6.45, 7) is 5.13. The molecule has 0 fully saturated rings. The van der Waals surface area contributed by atoms with Crippen LogP contribution in [0.15, 0.2) is 35.8 Å². The van der Waals surface area contributed by atoms with Crippen LogP contribution in [0.2, 0.25) is 0 Å². The summed E-state index contributed by atoms with van der Waals surface area (Å²) < 4.78 is 10.4. The van der Waals surface area contributed by atoms with Crippen molar-refractivity contribution in [2.45, 2.75) is 39.2 Å². The minimum absolute atomic E-state index is 0.0216. The topological polar surface area (TPSA) is 110 Å². The van der Waals surface area contributed by atoms with E-state index in [1.807, 2.05) is 0 Å². The minimum Gasteiger partial charge on any atom is -0.497 e. The van der Waals surface area contributed by atoms with Gasteiger partial charge in [0.2, 0.25) is 17.7 Å². The summed E-state index contributed by atoms with van der Waals surface area (Å²) in [4.78, 5) is 44.3. The van der Waals surface area contributed by atoms with Crippen molar-refractivity contribution in [1.82, 2.24) is 15.2 Å². The number of nitrogens with zero attached hydrogens (tertiary/aromatic N) is 2. The third-order valence-electron chi connectivity index (χ3n) is 5.11. The largest absolute Gasteiger partial charge is 0.497 e. The Balaban J connectivity index is 2.20. The summed E-state index contributed by atoms with van der Waals surface area (Å²) in [7, 11) is 3.10. The predicted octanol–water partition coefficient (Wildman–Crippen LogP) is 3.25. The SMILES string of the molecule is COCCN(C(=O)CCC(=O)Nc1nccs1)[C@@H](C(=O)NCCC(C)C)c1ccc(OC)cc1. The lowest BCUT2D eigenvalue weighted by atomic mass is 10.0. The standard InChI is InChI=1S/C24H34N4O5S/c1-17(2)11-12-25-23(31)22(18-5-7-19(33-4)8-6-18)28(14-15-32-3)21(30)10-9-20(29)27-24-26-13-16-34-24/h5-8,13,16-17,22H,9-12,14-15H2,1-4H3,(H,25,31)(H,26,27,29)/t22-/m1/s1. The molecule has 10 heteroatoms. The van der Waals surface area contributed by atoms with E-state index >= 15 is 0 Å². The Labute approximate surface area is 204 Å². The number of rotatable bonds is 14. The van der Waals surface area contributed by atoms with Crippen LogP contribution in [0.4, 0.5) is 5.13 Å². The highest BCUT2D eigenvalue weighted by Gasteiger charge is 2.31. The van der Waals surface area contributed by atoms with Gasteiger partial charge in [0, 0.05) is 44.6 Å². The quantitative estimate of drug-likeness (QED) is 0.421. The molecule has 1 aromatic heterocycles. The van der Waals surface area contributed by atoms with Crippen molar-refractivity contribution in [2.24, 2.45) is 5.92 Å². The number of amides is 3. The first-order valence-electron chi connectivity index (χ1n) is 11.2. The molecule has 0 bridgehead atoms. The van der Waals surface area contributed by atoms with Gasteiger partial charge in [-0.1, -0.05) is 26.0 Å². The number of carbonyl (C=O) groups is 3. The number of aromatic nitrogens is 1. The van der Waals surface area contributed by atoms with Gasteiger partial charge in [0.15, 0.2) is 5.13 Å². The number of nitrogens with one attached hydrogen (secondary N) is 2. The van der Waals surface area contributed by atoms with Crippen LogP contribution in [-0.2, 0) is 19.1 Å². The van der Waals surface area contributed by atoms with Gasteiger partial charge in [-0.25, -0.2) is 4.98 Å². The fourth-order valence-electron chi connectivity index (χ4n) is 3.26. The van der Waals surface area contributed by atoms with Crippen LogP contribution in [0.25, 0.3) is 0 Å². The molecule has 0 spiro atoms. The Morgan fingerprint density at radius 1 is 1.12 bits per heavy atom. The van der Waals surface area contributed by atoms with E-state index in [9.17, 15) is 14.4 Å². The van der Waals surface area contributed by atoms with Crippen molar-refractivity contribution in [3.63, 3.8) is 0 Å². The molecule has 0 unspecified atom stereocenters. The fraction of sp³-hybridized carbons (Fsp3) is 0.500. The number of hydrogen-bond donors (Lipinski definition) is 2. The van der Waals surface area contributed by atoms with E-state index in [2.05, 4.69) is 29.5 Å². The van der Waals surface area contributed by atoms with E-state index in [4.69, 9.17) is 9.47 Å². The van der Waals surface area contributed by atoms with E-state index in [-0.39, 0.29) is 43.7 Å². The molecule has 0 aliphatic heterocycles. The first kappa shape index (κ1) is 27.3. The maximum absolute atomic E-state index is 13.3. The van der Waals surface area contributed by atoms with Crippen molar-refractivity contribution >= 4 is 34.2 Å². The molecule has 0 aliphatic rings. The average molecular weight is 491 g/mol. The second-order valence-electron chi connectivity index (χ2n) is 8.11. The number of benzene rings is 1. The van der Waals surface area contributed by atoms with E-state index in [1.54, 1.807) is 43.0 Å². The van der Waals surface area contributed by atoms with Gasteiger partial charge < -0.3 is 25.0 Å². The van der Waals surface area contributed by atoms with E-state index in [0.29, 0.717) is 28.9 Å². The Kier molecular flexibility index (Phi) is 11.5. The lowest BCUT2D eigenvalue weighted by Crippen LogP contribution is -2.45. The molecule has 0 radical (unpaired) electrons. The van der Waals surface area contributed by atoms with Crippen molar-refractivity contribution in [3.8, 4) is 5.75 Å². The Morgan fingerprint density at radius 3 is 2.44 bits per heavy atom. The number of methoxy groups -OCH3 is 2. The van der Waals surface area contributed by atoms with Crippen LogP contribution in [0, 0.1) is 5.92 Å². The highest BCUT2D eigenvalue weighted by molar-refractivity contribution is 7.13. The number of anilines is 1. The van der Waals surface area contributed by atoms with Gasteiger partial charge in [-0.2, -0.15) is 0 Å². The zero-order valence-corrected chi connectivity index (χ0v) is 21.0. The summed E-state index contributed by atoms with van der Waals surface area (Å²) in [6, 6.07) is 6.19. The summed E-state index contributed by atoms with van der Waals surface area (Å²) >= 11 is 1.30. The second kappa shape index (κ2) is 14.3. The molecule has 0 saturated carbocycles. The predicted molar refractivity (Wildman–Crippen MR) is 132 cm³/mol. The van der Waals surface area contributed by atoms with Crippen LogP contribution in [0.3, 0.4) is 0 Å². The molecule has 34 heavy (non-hydrogen) atoms. The normalized spacial score (nSPS) is 11.7. The number of ether oxygens (including phenoxy) is 2. The highest BCUT2D eigenvalue weighted by atomic mass is 32.1. The molecule has 1 heterocycles. The highest BCUT2D eigenvalue weighted by Crippen LogP contribution is 2.25. The van der Waals surface area contributed by atoms with E-state index in [0.717, 1.165) is 6.42 Å². The lowest BCUT2D eigenvalue weighted by molar-refractivity contribution is -0.142. The van der Waals surface area contributed by atoms with Crippen LogP contribution in [0.1, 0.15) is 44.7 Å². The van der Waals surface area contributed by atoms with Crippen LogP contribution in [0.5, 0.6) is 5.75 Å². The Bertz CT molecular complexity index is 903. The monoisotopic (exact) mass is 490 g/mol. The molecule has 2 rings (SSSR count). The van der Waals surface area contributed by atoms with Crippen LogP contribution < -0.4 is 15.4 Å². The zero-order valence-electron chi connectivity index (χ0n) is 20.2. The maximum Gasteiger partial charge on any atom is 0.247 e. The Morgan fingerprint density at radius 2 is 1.85 bits per heavy atom. The Hall–Kier alpha value is -2.98. The van der Waals surface area contributed by atoms with Crippen molar-refractivity contribution < 1.29 is 23.9 Å². The molecule has 0 saturated heterocycles. The third-order valence-corrected chi connectivity index (χ3v) is 5.80. The minimum atomic E-state index is -0.859. The van der Waals surface area contributed by atoms with E-state index in [1.165, 1.54) is 23.3 Å². The van der Waals surface area contributed by atoms with Gasteiger partial charge >= 0.3 is 0 Å². The molecule has 1 aromatic carbocycles. The molecule has 9 nitrogen and oxygen atoms in total. The first-order valence-corrected chi connectivity index (χ1v) is 12.1. The van der Waals surface area contributed by atoms with Crippen LogP contribution >= 0.6 is 11.3 Å². The van der Waals surface area contributed by atoms with Gasteiger partial charge in [-0.3, -0.25) is 14.4 Å². The number of hydrogen-bond acceptors (Lipinski definition) is 7. The smallest absolute Gasteiger partial charge is 0.247 e. The average Bonchev–Trinajstić information content (AvgIpc) is 3.33. The summed E-state index contributed by atoms with van der Waals surface area (Å²) in [5, 5.41) is 7.87. The van der Waals surface area contributed by atoms with Crippen molar-refractivity contribution in [2.75, 3.05) is 39.2 Å². The molecule has 1 atom stereocenters. The maximum atomic E-state index is 13.3. The molecular formula is C24H34N4O5S. The van der Waals surface area contributed by atoms with Gasteiger partial charge in [0.05, 0.1) is 13.7 Å². The number of carbonyl (C=O) groups excluding carboxylic acids is 3. The second-order valence-corrected chi connectivity index (χ2v) is 9.01. The number of thiazole rings is 1. The summed E-state index contributed by atoms with van der Waals surface area (Å²) in [5.41, 5.74) is 0.652.